The van der Waals surface area contributed by atoms with Gasteiger partial charge in [-0.25, -0.2) is 0 Å². The van der Waals surface area contributed by atoms with Crippen molar-refractivity contribution in [1.29, 1.82) is 0 Å². The van der Waals surface area contributed by atoms with Crippen LogP contribution in [0, 0.1) is 0 Å². The maximum absolute atomic E-state index is 9.79. The van der Waals surface area contributed by atoms with E-state index in [4.69, 9.17) is 0 Å². The van der Waals surface area contributed by atoms with Crippen LogP contribution in [0.4, 0.5) is 0 Å². The number of carboxylic acid groups (broad SMARTS) is 2. The second-order valence-electron chi connectivity index (χ2n) is 1.94. The minimum absolute atomic E-state index is 0. The van der Waals surface area contributed by atoms with Gasteiger partial charge in [0.2, 0.25) is 0 Å². The molecule has 0 aromatic heterocycles. The summed E-state index contributed by atoms with van der Waals surface area (Å²) in [6.07, 6.45) is 2.69. The Kier molecular flexibility index (Phi) is 24.9. The number of hydrogen-bond donors (Lipinski definition) is 0. The molecule has 0 saturated carbocycles. The molecule has 0 saturated heterocycles. The van der Waals surface area contributed by atoms with Crippen LogP contribution in [0.5, 0.6) is 0 Å². The van der Waals surface area contributed by atoms with Crippen LogP contribution < -0.4 is 50.0 Å². The molecular formula is C8H4AuNaO6S2. The normalized spacial score (nSPS) is 8.44. The van der Waals surface area contributed by atoms with Crippen molar-refractivity contribution < 1.29 is 82.0 Å². The van der Waals surface area contributed by atoms with Crippen molar-refractivity contribution in [3.63, 3.8) is 0 Å². The summed E-state index contributed by atoms with van der Waals surface area (Å²) in [4.78, 5) is 19.0. The van der Waals surface area contributed by atoms with Gasteiger partial charge in [0.05, 0.1) is 11.9 Å². The van der Waals surface area contributed by atoms with E-state index in [9.17, 15) is 30.0 Å². The number of thiocarbonyl (C=S) groups is 2. The Labute approximate surface area is 151 Å². The molecule has 0 amide bonds. The number of hydrogen-bond acceptors (Lipinski definition) is 8. The van der Waals surface area contributed by atoms with Crippen LogP contribution in [0.1, 0.15) is 0 Å². The molecular weight excluding hydrogens is 476 g/mol. The second-order valence-corrected chi connectivity index (χ2v) is 2.75. The van der Waals surface area contributed by atoms with Crippen LogP contribution in [0.15, 0.2) is 24.3 Å². The van der Waals surface area contributed by atoms with E-state index >= 15 is 0 Å². The van der Waals surface area contributed by atoms with Gasteiger partial charge in [-0.15, -0.1) is 0 Å². The third kappa shape index (κ3) is 36.0. The molecule has 0 fully saturated rings. The van der Waals surface area contributed by atoms with E-state index in [2.05, 4.69) is 24.4 Å². The molecule has 0 aliphatic rings. The van der Waals surface area contributed by atoms with E-state index in [0.717, 1.165) is 12.2 Å². The van der Waals surface area contributed by atoms with Crippen LogP contribution in [-0.2, 0) is 32.0 Å². The zero-order valence-corrected chi connectivity index (χ0v) is 14.7. The van der Waals surface area contributed by atoms with Gasteiger partial charge in [-0.2, -0.15) is 0 Å². The molecule has 0 radical (unpaired) electrons. The van der Waals surface area contributed by atoms with Crippen LogP contribution in [0.3, 0.4) is 0 Å². The van der Waals surface area contributed by atoms with Gasteiger partial charge >= 0.3 is 51.9 Å². The SMILES string of the molecule is O=C([O-])/C=C\C([O-])=S.O=C([O-])/C=C\C([O-])=S.[Au+3].[Na+]. The minimum atomic E-state index is -1.41. The second kappa shape index (κ2) is 16.9. The topological polar surface area (TPSA) is 126 Å². The molecule has 0 heterocycles. The van der Waals surface area contributed by atoms with Crippen molar-refractivity contribution in [2.45, 2.75) is 0 Å². The molecule has 0 aliphatic carbocycles. The number of carbonyl (C=O) groups excluding carboxylic acids is 2. The van der Waals surface area contributed by atoms with Crippen LogP contribution in [-0.4, -0.2) is 22.0 Å². The summed E-state index contributed by atoms with van der Waals surface area (Å²) in [7, 11) is 0. The zero-order chi connectivity index (χ0) is 13.1. The maximum atomic E-state index is 9.79. The van der Waals surface area contributed by atoms with Gasteiger partial charge in [-0.1, -0.05) is 36.6 Å². The summed E-state index contributed by atoms with van der Waals surface area (Å²) in [5.41, 5.74) is 0. The molecule has 18 heavy (non-hydrogen) atoms. The first-order valence-corrected chi connectivity index (χ1v) is 4.27. The number of rotatable bonds is 4. The van der Waals surface area contributed by atoms with Crippen molar-refractivity contribution in [2.24, 2.45) is 0 Å². The summed E-state index contributed by atoms with van der Waals surface area (Å²) in [6.45, 7) is 0. The summed E-state index contributed by atoms with van der Waals surface area (Å²) >= 11 is 7.96. The molecule has 0 bridgehead atoms. The Morgan fingerprint density at radius 2 is 0.944 bits per heavy atom. The Morgan fingerprint density at radius 3 is 1.00 bits per heavy atom. The van der Waals surface area contributed by atoms with Crippen molar-refractivity contribution in [1.82, 2.24) is 0 Å². The molecule has 0 aliphatic heterocycles. The van der Waals surface area contributed by atoms with Crippen molar-refractivity contribution in [2.75, 3.05) is 0 Å². The van der Waals surface area contributed by atoms with E-state index in [1.165, 1.54) is 0 Å². The molecule has 0 unspecified atom stereocenters. The summed E-state index contributed by atoms with van der Waals surface area (Å²) < 4.78 is 0. The number of aliphatic carboxylic acids is 2. The predicted molar refractivity (Wildman–Crippen MR) is 53.5 cm³/mol. The molecule has 0 aromatic carbocycles. The molecule has 96 valence electrons. The van der Waals surface area contributed by atoms with Gasteiger partial charge < -0.3 is 30.0 Å². The van der Waals surface area contributed by atoms with E-state index in [0.29, 0.717) is 12.2 Å². The number of carbonyl (C=O) groups is 2. The average molecular weight is 480 g/mol. The molecule has 10 heteroatoms. The smallest absolute Gasteiger partial charge is 0.864 e. The first-order valence-electron chi connectivity index (χ1n) is 3.45. The minimum Gasteiger partial charge on any atom is -0.864 e. The Morgan fingerprint density at radius 1 is 0.722 bits per heavy atom. The molecule has 0 spiro atoms. The van der Waals surface area contributed by atoms with E-state index < -0.39 is 22.0 Å². The quantitative estimate of drug-likeness (QED) is 0.221. The molecule has 0 atom stereocenters. The molecule has 0 aromatic rings. The van der Waals surface area contributed by atoms with Gasteiger partial charge in [0.1, 0.15) is 0 Å². The fourth-order valence-electron chi connectivity index (χ4n) is 0.272. The third-order valence-corrected chi connectivity index (χ3v) is 0.983. The summed E-state index contributed by atoms with van der Waals surface area (Å²) in [6, 6.07) is 0. The van der Waals surface area contributed by atoms with Crippen molar-refractivity contribution in [3.05, 3.63) is 24.3 Å². The van der Waals surface area contributed by atoms with Gasteiger partial charge in [-0.05, 0) is 22.3 Å². The third-order valence-electron chi connectivity index (χ3n) is 0.711. The van der Waals surface area contributed by atoms with Gasteiger partial charge in [0, 0.05) is 0 Å². The van der Waals surface area contributed by atoms with Gasteiger partial charge in [0.25, 0.3) is 0 Å². The van der Waals surface area contributed by atoms with Crippen LogP contribution in [0.25, 0.3) is 0 Å². The Balaban J connectivity index is -0.0000000980. The standard InChI is InChI=1S/2C4H4O3S.Au.Na/c2*5-3(6)1-2-4(7)8;;/h2*1-2H,(H,5,6)(H,7,8);;/q;;+3;+1/p-4/b2*2-1-;;. The maximum Gasteiger partial charge on any atom is 3.00 e. The van der Waals surface area contributed by atoms with Crippen LogP contribution >= 0.6 is 24.4 Å². The molecule has 0 rings (SSSR count). The molecule has 0 N–H and O–H groups in total. The van der Waals surface area contributed by atoms with E-state index in [1.807, 2.05) is 0 Å². The van der Waals surface area contributed by atoms with E-state index in [-0.39, 0.29) is 51.9 Å². The van der Waals surface area contributed by atoms with Gasteiger partial charge in [-0.3, -0.25) is 0 Å². The first kappa shape index (κ1) is 26.5. The fraction of sp³-hybridized carbons (Fsp3) is 0. The zero-order valence-electron chi connectivity index (χ0n) is 8.88. The summed E-state index contributed by atoms with van der Waals surface area (Å²) in [5, 5.41) is 37.2. The van der Waals surface area contributed by atoms with Crippen molar-refractivity contribution in [3.8, 4) is 0 Å². The summed E-state index contributed by atoms with van der Waals surface area (Å²) in [5.74, 6) is -2.83. The van der Waals surface area contributed by atoms with Gasteiger partial charge in [0.15, 0.2) is 0 Å². The largest absolute Gasteiger partial charge is 3.00 e. The first-order chi connectivity index (χ1) is 7.25. The number of carboxylic acids is 2. The predicted octanol–water partition coefficient (Wildman–Crippen LogP) is -7.04. The van der Waals surface area contributed by atoms with Crippen LogP contribution in [0.2, 0.25) is 0 Å². The van der Waals surface area contributed by atoms with E-state index in [1.54, 1.807) is 0 Å². The van der Waals surface area contributed by atoms with Crippen molar-refractivity contribution >= 4 is 46.5 Å². The Bertz CT molecular complexity index is 289. The fourth-order valence-corrected chi connectivity index (χ4v) is 0.408. The molecule has 6 nitrogen and oxygen atoms in total. The monoisotopic (exact) mass is 480 g/mol. The Hall–Kier alpha value is -0.0597. The average Bonchev–Trinajstić information content (AvgIpc) is 2.12.